The van der Waals surface area contributed by atoms with Gasteiger partial charge < -0.3 is 0 Å². The lowest BCUT2D eigenvalue weighted by Gasteiger charge is -2.18. The number of fused-ring (bicyclic) bond motifs is 10. The Morgan fingerprint density at radius 2 is 1.04 bits per heavy atom. The summed E-state index contributed by atoms with van der Waals surface area (Å²) >= 11 is 0. The van der Waals surface area contributed by atoms with E-state index in [1.807, 2.05) is 48.7 Å². The average Bonchev–Trinajstić information content (AvgIpc) is 3.59. The summed E-state index contributed by atoms with van der Waals surface area (Å²) in [5.74, 6) is 0. The van der Waals surface area contributed by atoms with Gasteiger partial charge in [-0.1, -0.05) is 133 Å². The SMILES string of the molecule is [2H]c1c([2H])c(-c2c3ccccc3c(-c3ccc(-c4cc5c(cn4)c4ccccc4n4c6ccccc6nc54)cc3)c3ccccc23)c([2H])c([2H])c1C. The molecule has 0 aliphatic heterocycles. The molecule has 0 bridgehead atoms. The van der Waals surface area contributed by atoms with Gasteiger partial charge in [-0.3, -0.25) is 9.38 Å². The molecule has 0 saturated heterocycles. The Morgan fingerprint density at radius 3 is 1.71 bits per heavy atom. The van der Waals surface area contributed by atoms with Gasteiger partial charge in [-0.15, -0.1) is 0 Å². The van der Waals surface area contributed by atoms with Crippen LogP contribution in [0.5, 0.6) is 0 Å². The molecule has 3 aromatic heterocycles. The van der Waals surface area contributed by atoms with Crippen molar-refractivity contribution in [1.82, 2.24) is 14.4 Å². The number of imidazole rings is 1. The van der Waals surface area contributed by atoms with Crippen molar-refractivity contribution in [3.63, 3.8) is 0 Å². The van der Waals surface area contributed by atoms with E-state index in [0.29, 0.717) is 11.1 Å². The highest BCUT2D eigenvalue weighted by molar-refractivity contribution is 6.21. The molecule has 0 aliphatic carbocycles. The highest BCUT2D eigenvalue weighted by Crippen LogP contribution is 2.44. The lowest BCUT2D eigenvalue weighted by molar-refractivity contribution is 1.30. The number of hydrogen-bond donors (Lipinski definition) is 0. The van der Waals surface area contributed by atoms with E-state index < -0.39 is 0 Å². The van der Waals surface area contributed by atoms with Gasteiger partial charge in [-0.05, 0) is 75.0 Å². The van der Waals surface area contributed by atoms with Crippen LogP contribution < -0.4 is 0 Å². The van der Waals surface area contributed by atoms with Crippen molar-refractivity contribution >= 4 is 59.9 Å². The fourth-order valence-corrected chi connectivity index (χ4v) is 7.38. The van der Waals surface area contributed by atoms with Crippen molar-refractivity contribution < 1.29 is 5.48 Å². The topological polar surface area (TPSA) is 30.2 Å². The third kappa shape index (κ3) is 3.94. The molecule has 0 aliphatic rings. The first-order valence-corrected chi connectivity index (χ1v) is 16.1. The standard InChI is InChI=1S/C45H29N3/c1-28-18-20-30(21-19-28)43-33-11-2-4-13-35(33)44(36-14-5-3-12-34(36)43)31-24-22-29(23-25-31)40-26-37-38(27-46-40)32-10-6-8-16-41(32)48-42-17-9-7-15-39(42)47-45(37)48/h2-27H,1H3/i18D,19D,20D,21D. The van der Waals surface area contributed by atoms with E-state index >= 15 is 0 Å². The van der Waals surface area contributed by atoms with Crippen LogP contribution in [0.3, 0.4) is 0 Å². The Balaban J connectivity index is 1.17. The van der Waals surface area contributed by atoms with Gasteiger partial charge in [-0.2, -0.15) is 0 Å². The van der Waals surface area contributed by atoms with Crippen LogP contribution in [-0.2, 0) is 0 Å². The van der Waals surface area contributed by atoms with Gasteiger partial charge in [0, 0.05) is 27.9 Å². The second-order valence-electron chi connectivity index (χ2n) is 12.3. The Bertz CT molecular complexity index is 3040. The molecule has 0 N–H and O–H groups in total. The maximum absolute atomic E-state index is 8.95. The minimum absolute atomic E-state index is 0.0129. The fraction of sp³-hybridized carbons (Fsp3) is 0.0222. The van der Waals surface area contributed by atoms with Crippen molar-refractivity contribution in [2.45, 2.75) is 6.92 Å². The summed E-state index contributed by atoms with van der Waals surface area (Å²) in [6.07, 6.45) is 1.97. The first-order valence-electron chi connectivity index (χ1n) is 18.1. The maximum Gasteiger partial charge on any atom is 0.146 e. The lowest BCUT2D eigenvalue weighted by atomic mass is 9.85. The first-order chi connectivity index (χ1) is 25.4. The van der Waals surface area contributed by atoms with E-state index in [4.69, 9.17) is 15.5 Å². The molecule has 0 atom stereocenters. The number of nitrogens with zero attached hydrogens (tertiary/aromatic N) is 3. The van der Waals surface area contributed by atoms with E-state index in [1.165, 1.54) is 0 Å². The highest BCUT2D eigenvalue weighted by Gasteiger charge is 2.18. The van der Waals surface area contributed by atoms with E-state index in [1.54, 1.807) is 6.92 Å². The first kappa shape index (κ1) is 23.1. The molecule has 3 heteroatoms. The monoisotopic (exact) mass is 615 g/mol. The summed E-state index contributed by atoms with van der Waals surface area (Å²) in [5, 5.41) is 6.95. The molecule has 3 heterocycles. The van der Waals surface area contributed by atoms with Crippen molar-refractivity contribution in [3.05, 3.63) is 163 Å². The Morgan fingerprint density at radius 1 is 0.500 bits per heavy atom. The van der Waals surface area contributed by atoms with Crippen LogP contribution in [0.1, 0.15) is 11.0 Å². The molecular formula is C45H29N3. The molecule has 10 rings (SSSR count). The molecule has 224 valence electrons. The molecule has 3 nitrogen and oxygen atoms in total. The van der Waals surface area contributed by atoms with Crippen LogP contribution in [0.25, 0.3) is 93.4 Å². The van der Waals surface area contributed by atoms with Crippen LogP contribution in [0.2, 0.25) is 0 Å². The number of pyridine rings is 2. The van der Waals surface area contributed by atoms with Gasteiger partial charge in [0.15, 0.2) is 0 Å². The molecule has 0 spiro atoms. The van der Waals surface area contributed by atoms with Crippen molar-refractivity contribution in [3.8, 4) is 33.5 Å². The van der Waals surface area contributed by atoms with Crippen LogP contribution >= 0.6 is 0 Å². The zero-order chi connectivity index (χ0) is 35.2. The smallest absolute Gasteiger partial charge is 0.146 e. The van der Waals surface area contributed by atoms with Crippen molar-refractivity contribution in [2.24, 2.45) is 0 Å². The molecule has 0 fully saturated rings. The van der Waals surface area contributed by atoms with E-state index in [9.17, 15) is 0 Å². The zero-order valence-electron chi connectivity index (χ0n) is 30.0. The maximum atomic E-state index is 8.95. The number of aromatic nitrogens is 3. The quantitative estimate of drug-likeness (QED) is 0.146. The average molecular weight is 616 g/mol. The van der Waals surface area contributed by atoms with Crippen molar-refractivity contribution in [2.75, 3.05) is 0 Å². The van der Waals surface area contributed by atoms with Gasteiger partial charge in [0.25, 0.3) is 0 Å². The van der Waals surface area contributed by atoms with Crippen LogP contribution in [0.15, 0.2) is 158 Å². The third-order valence-corrected chi connectivity index (χ3v) is 9.54. The third-order valence-electron chi connectivity index (χ3n) is 9.54. The predicted molar refractivity (Wildman–Crippen MR) is 202 cm³/mol. The Kier molecular flexibility index (Phi) is 4.97. The number of rotatable bonds is 3. The van der Waals surface area contributed by atoms with Gasteiger partial charge >= 0.3 is 0 Å². The van der Waals surface area contributed by atoms with Gasteiger partial charge in [-0.25, -0.2) is 4.98 Å². The number of hydrogen-bond acceptors (Lipinski definition) is 2. The molecule has 48 heavy (non-hydrogen) atoms. The molecular weight excluding hydrogens is 583 g/mol. The molecule has 10 aromatic rings. The molecule has 0 saturated carbocycles. The second-order valence-corrected chi connectivity index (χ2v) is 12.3. The largest absolute Gasteiger partial charge is 0.292 e. The summed E-state index contributed by atoms with van der Waals surface area (Å²) in [6, 6.07) is 43.4. The van der Waals surface area contributed by atoms with E-state index in [2.05, 4.69) is 89.3 Å². The summed E-state index contributed by atoms with van der Waals surface area (Å²) < 4.78 is 37.3. The number of benzene rings is 7. The minimum atomic E-state index is -0.0254. The van der Waals surface area contributed by atoms with E-state index in [0.717, 1.165) is 87.8 Å². The van der Waals surface area contributed by atoms with Gasteiger partial charge in [0.2, 0.25) is 0 Å². The minimum Gasteiger partial charge on any atom is -0.292 e. The Hall–Kier alpha value is -6.32. The van der Waals surface area contributed by atoms with Crippen LogP contribution in [-0.4, -0.2) is 14.4 Å². The summed E-state index contributed by atoms with van der Waals surface area (Å²) in [6.45, 7) is 1.64. The summed E-state index contributed by atoms with van der Waals surface area (Å²) in [5.41, 5.74) is 9.34. The summed E-state index contributed by atoms with van der Waals surface area (Å²) in [4.78, 5) is 10.1. The fourth-order valence-electron chi connectivity index (χ4n) is 7.38. The Labute approximate surface area is 283 Å². The molecule has 0 radical (unpaired) electrons. The summed E-state index contributed by atoms with van der Waals surface area (Å²) in [7, 11) is 0. The number of para-hydroxylation sites is 3. The van der Waals surface area contributed by atoms with Crippen LogP contribution in [0, 0.1) is 6.92 Å². The normalized spacial score (nSPS) is 13.0. The highest BCUT2D eigenvalue weighted by atomic mass is 15.0. The predicted octanol–water partition coefficient (Wildman–Crippen LogP) is 11.8. The lowest BCUT2D eigenvalue weighted by Crippen LogP contribution is -1.93. The molecule has 7 aromatic carbocycles. The molecule has 0 amide bonds. The van der Waals surface area contributed by atoms with Gasteiger partial charge in [0.1, 0.15) is 5.65 Å². The zero-order valence-corrected chi connectivity index (χ0v) is 26.0. The van der Waals surface area contributed by atoms with Gasteiger partial charge in [0.05, 0.1) is 27.7 Å². The molecule has 0 unspecified atom stereocenters. The second kappa shape index (κ2) is 10.3. The van der Waals surface area contributed by atoms with Crippen molar-refractivity contribution in [1.29, 1.82) is 0 Å². The van der Waals surface area contributed by atoms with Crippen LogP contribution in [0.4, 0.5) is 0 Å². The van der Waals surface area contributed by atoms with E-state index in [-0.39, 0.29) is 24.2 Å².